The molecule has 0 saturated carbocycles. The van der Waals surface area contributed by atoms with Crippen molar-refractivity contribution in [3.05, 3.63) is 58.9 Å². The Morgan fingerprint density at radius 1 is 1.14 bits per heavy atom. The lowest BCUT2D eigenvalue weighted by atomic mass is 10.1. The molecule has 7 heteroatoms. The molecule has 0 aliphatic rings. The molecule has 0 aliphatic carbocycles. The molecule has 0 atom stereocenters. The van der Waals surface area contributed by atoms with Gasteiger partial charge in [0.15, 0.2) is 0 Å². The first-order valence-corrected chi connectivity index (χ1v) is 7.82. The number of carbonyl (C=O) groups is 1. The molecule has 5 nitrogen and oxygen atoms in total. The van der Waals surface area contributed by atoms with Crippen molar-refractivity contribution < 1.29 is 22.7 Å². The Labute approximate surface area is 127 Å². The highest BCUT2D eigenvalue weighted by atomic mass is 32.2. The van der Waals surface area contributed by atoms with Crippen molar-refractivity contribution in [3.63, 3.8) is 0 Å². The van der Waals surface area contributed by atoms with Gasteiger partial charge in [-0.3, -0.25) is 4.72 Å². The maximum absolute atomic E-state index is 13.7. The highest BCUT2D eigenvalue weighted by Gasteiger charge is 2.20. The summed E-state index contributed by atoms with van der Waals surface area (Å²) in [6.45, 7) is 3.24. The third kappa shape index (κ3) is 3.25. The van der Waals surface area contributed by atoms with Crippen LogP contribution in [0.2, 0.25) is 0 Å². The normalized spacial score (nSPS) is 11.2. The Morgan fingerprint density at radius 2 is 1.82 bits per heavy atom. The lowest BCUT2D eigenvalue weighted by Gasteiger charge is -2.12. The smallest absolute Gasteiger partial charge is 0.335 e. The minimum Gasteiger partial charge on any atom is -0.478 e. The van der Waals surface area contributed by atoms with Gasteiger partial charge in [-0.2, -0.15) is 0 Å². The minimum absolute atomic E-state index is 0.157. The van der Waals surface area contributed by atoms with Crippen LogP contribution in [-0.4, -0.2) is 19.5 Å². The molecule has 0 heterocycles. The summed E-state index contributed by atoms with van der Waals surface area (Å²) in [4.78, 5) is 10.8. The number of hydrogen-bond donors (Lipinski definition) is 2. The Hall–Kier alpha value is -2.41. The molecular weight excluding hydrogens is 309 g/mol. The summed E-state index contributed by atoms with van der Waals surface area (Å²) < 4.78 is 40.6. The van der Waals surface area contributed by atoms with E-state index in [1.165, 1.54) is 31.2 Å². The minimum atomic E-state index is -4.09. The molecule has 0 spiro atoms. The number of rotatable bonds is 4. The molecule has 116 valence electrons. The fourth-order valence-corrected chi connectivity index (χ4v) is 3.27. The van der Waals surface area contributed by atoms with Crippen LogP contribution in [0.1, 0.15) is 21.5 Å². The van der Waals surface area contributed by atoms with E-state index in [-0.39, 0.29) is 16.1 Å². The van der Waals surface area contributed by atoms with Gasteiger partial charge in [-0.1, -0.05) is 12.1 Å². The van der Waals surface area contributed by atoms with Gasteiger partial charge < -0.3 is 5.11 Å². The average Bonchev–Trinajstić information content (AvgIpc) is 2.42. The van der Waals surface area contributed by atoms with Crippen LogP contribution >= 0.6 is 0 Å². The zero-order valence-electron chi connectivity index (χ0n) is 11.9. The van der Waals surface area contributed by atoms with Gasteiger partial charge in [0, 0.05) is 0 Å². The fraction of sp³-hybridized carbons (Fsp3) is 0.133. The second kappa shape index (κ2) is 5.76. The molecule has 0 bridgehead atoms. The molecule has 2 rings (SSSR count). The van der Waals surface area contributed by atoms with E-state index in [0.29, 0.717) is 11.1 Å². The Morgan fingerprint density at radius 3 is 2.45 bits per heavy atom. The number of hydrogen-bond acceptors (Lipinski definition) is 3. The van der Waals surface area contributed by atoms with Crippen LogP contribution in [0.25, 0.3) is 0 Å². The molecule has 0 amide bonds. The summed E-state index contributed by atoms with van der Waals surface area (Å²) in [6.07, 6.45) is 0. The lowest BCUT2D eigenvalue weighted by Crippen LogP contribution is -2.16. The first-order valence-electron chi connectivity index (χ1n) is 6.33. The molecule has 0 fully saturated rings. The molecule has 22 heavy (non-hydrogen) atoms. The van der Waals surface area contributed by atoms with Gasteiger partial charge in [-0.05, 0) is 49.2 Å². The van der Waals surface area contributed by atoms with E-state index < -0.39 is 21.8 Å². The van der Waals surface area contributed by atoms with Gasteiger partial charge in [-0.15, -0.1) is 0 Å². The number of sulfonamides is 1. The molecule has 0 unspecified atom stereocenters. The number of halogens is 1. The second-order valence-corrected chi connectivity index (χ2v) is 6.53. The highest BCUT2D eigenvalue weighted by molar-refractivity contribution is 7.92. The third-order valence-electron chi connectivity index (χ3n) is 3.09. The first-order chi connectivity index (χ1) is 10.2. The summed E-state index contributed by atoms with van der Waals surface area (Å²) in [6, 6.07) is 7.79. The van der Waals surface area contributed by atoms with Crippen molar-refractivity contribution in [1.29, 1.82) is 0 Å². The lowest BCUT2D eigenvalue weighted by molar-refractivity contribution is 0.0696. The molecule has 0 saturated heterocycles. The van der Waals surface area contributed by atoms with Crippen molar-refractivity contribution in [2.45, 2.75) is 18.7 Å². The molecule has 0 aromatic heterocycles. The SMILES string of the molecule is Cc1ccc(F)c(NS(=O)(=O)c2cc(C(=O)O)ccc2C)c1. The van der Waals surface area contributed by atoms with Crippen molar-refractivity contribution in [1.82, 2.24) is 0 Å². The van der Waals surface area contributed by atoms with Crippen LogP contribution in [0, 0.1) is 19.7 Å². The van der Waals surface area contributed by atoms with E-state index in [2.05, 4.69) is 4.72 Å². The maximum atomic E-state index is 13.7. The standard InChI is InChI=1S/C15H14FNO4S/c1-9-3-6-12(16)13(7-9)17-22(20,21)14-8-11(15(18)19)5-4-10(14)2/h3-8,17H,1-2H3,(H,18,19). The van der Waals surface area contributed by atoms with Crippen LogP contribution in [-0.2, 0) is 10.0 Å². The van der Waals surface area contributed by atoms with Gasteiger partial charge in [0.1, 0.15) is 5.82 Å². The molecule has 2 aromatic carbocycles. The summed E-state index contributed by atoms with van der Waals surface area (Å²) in [7, 11) is -4.09. The summed E-state index contributed by atoms with van der Waals surface area (Å²) >= 11 is 0. The van der Waals surface area contributed by atoms with Crippen molar-refractivity contribution in [2.75, 3.05) is 4.72 Å². The number of aryl methyl sites for hydroxylation is 2. The van der Waals surface area contributed by atoms with E-state index in [0.717, 1.165) is 12.1 Å². The number of carboxylic acids is 1. The topological polar surface area (TPSA) is 83.5 Å². The predicted octanol–water partition coefficient (Wildman–Crippen LogP) is 2.94. The Kier molecular flexibility index (Phi) is 4.18. The zero-order valence-corrected chi connectivity index (χ0v) is 12.7. The number of nitrogens with one attached hydrogen (secondary N) is 1. The summed E-state index contributed by atoms with van der Waals surface area (Å²) in [5.41, 5.74) is 0.719. The van der Waals surface area contributed by atoms with Crippen molar-refractivity contribution in [3.8, 4) is 0 Å². The van der Waals surface area contributed by atoms with E-state index in [1.54, 1.807) is 6.92 Å². The van der Waals surface area contributed by atoms with Gasteiger partial charge >= 0.3 is 5.97 Å². The fourth-order valence-electron chi connectivity index (χ4n) is 1.94. The third-order valence-corrected chi connectivity index (χ3v) is 4.60. The molecule has 2 aromatic rings. The Bertz CT molecular complexity index is 847. The monoisotopic (exact) mass is 323 g/mol. The molecule has 0 aliphatic heterocycles. The number of aromatic carboxylic acids is 1. The van der Waals surface area contributed by atoms with Gasteiger partial charge in [0.2, 0.25) is 0 Å². The molecule has 2 N–H and O–H groups in total. The number of benzene rings is 2. The summed E-state index contributed by atoms with van der Waals surface area (Å²) in [5.74, 6) is -1.94. The van der Waals surface area contributed by atoms with Crippen molar-refractivity contribution >= 4 is 21.7 Å². The summed E-state index contributed by atoms with van der Waals surface area (Å²) in [5, 5.41) is 8.96. The van der Waals surface area contributed by atoms with E-state index in [9.17, 15) is 17.6 Å². The van der Waals surface area contributed by atoms with Crippen LogP contribution in [0.4, 0.5) is 10.1 Å². The van der Waals surface area contributed by atoms with Crippen LogP contribution in [0.3, 0.4) is 0 Å². The van der Waals surface area contributed by atoms with E-state index >= 15 is 0 Å². The largest absolute Gasteiger partial charge is 0.478 e. The highest BCUT2D eigenvalue weighted by Crippen LogP contribution is 2.23. The van der Waals surface area contributed by atoms with E-state index in [1.807, 2.05) is 0 Å². The van der Waals surface area contributed by atoms with Crippen molar-refractivity contribution in [2.24, 2.45) is 0 Å². The predicted molar refractivity (Wildman–Crippen MR) is 80.1 cm³/mol. The number of anilines is 1. The van der Waals surface area contributed by atoms with Gasteiger partial charge in [0.25, 0.3) is 10.0 Å². The Balaban J connectivity index is 2.49. The van der Waals surface area contributed by atoms with Crippen LogP contribution in [0.5, 0.6) is 0 Å². The maximum Gasteiger partial charge on any atom is 0.335 e. The zero-order chi connectivity index (χ0) is 16.5. The first kappa shape index (κ1) is 16.0. The molecular formula is C15H14FNO4S. The van der Waals surface area contributed by atoms with Crippen LogP contribution < -0.4 is 4.72 Å². The van der Waals surface area contributed by atoms with E-state index in [4.69, 9.17) is 5.11 Å². The number of carboxylic acid groups (broad SMARTS) is 1. The van der Waals surface area contributed by atoms with Gasteiger partial charge in [-0.25, -0.2) is 17.6 Å². The van der Waals surface area contributed by atoms with Crippen LogP contribution in [0.15, 0.2) is 41.3 Å². The van der Waals surface area contributed by atoms with Gasteiger partial charge in [0.05, 0.1) is 16.1 Å². The average molecular weight is 323 g/mol. The quantitative estimate of drug-likeness (QED) is 0.906. The molecule has 0 radical (unpaired) electrons. The second-order valence-electron chi connectivity index (χ2n) is 4.87.